The minimum absolute atomic E-state index is 0.0412. The van der Waals surface area contributed by atoms with Gasteiger partial charge in [-0.1, -0.05) is 6.07 Å². The molecule has 14 nitrogen and oxygen atoms in total. The van der Waals surface area contributed by atoms with Gasteiger partial charge in [0.1, 0.15) is 24.5 Å². The van der Waals surface area contributed by atoms with Crippen molar-refractivity contribution in [2.75, 3.05) is 23.8 Å². The maximum absolute atomic E-state index is 12.9. The smallest absolute Gasteiger partial charge is 0.356 e. The molecule has 0 spiro atoms. The Balaban J connectivity index is 1.34. The van der Waals surface area contributed by atoms with Crippen LogP contribution in [-0.4, -0.2) is 68.9 Å². The Morgan fingerprint density at radius 1 is 1.35 bits per heavy atom. The van der Waals surface area contributed by atoms with Crippen LogP contribution in [0.5, 0.6) is 0 Å². The Labute approximate surface area is 212 Å². The van der Waals surface area contributed by atoms with Crippen LogP contribution in [0.2, 0.25) is 0 Å². The van der Waals surface area contributed by atoms with Crippen LogP contribution in [0.4, 0.5) is 10.9 Å². The number of aliphatic carboxylic acids is 1. The fourth-order valence-electron chi connectivity index (χ4n) is 4.36. The summed E-state index contributed by atoms with van der Waals surface area (Å²) in [7, 11) is 0. The number of carboxylic acids is 1. The van der Waals surface area contributed by atoms with Crippen LogP contribution in [0, 0.1) is 4.91 Å². The number of nitrogen functional groups attached to an aromatic ring is 1. The molecule has 1 unspecified atom stereocenters. The molecule has 15 heteroatoms. The SMILES string of the molecule is Nc1nc(C(N=O)C(=O)N[C@@H]2C(=O)N3C(C(=O)O)=C(C=C4CCN(c5ccccn5)C4=O)OC[C@H]23)cs1. The van der Waals surface area contributed by atoms with E-state index in [1.54, 1.807) is 24.4 Å². The number of thiazole rings is 1. The number of hydrogen-bond donors (Lipinski definition) is 3. The Bertz CT molecular complexity index is 1370. The number of fused-ring (bicyclic) bond motifs is 1. The van der Waals surface area contributed by atoms with E-state index in [2.05, 4.69) is 20.5 Å². The summed E-state index contributed by atoms with van der Waals surface area (Å²) in [6.45, 7) is 0.209. The second-order valence-corrected chi connectivity index (χ2v) is 9.16. The van der Waals surface area contributed by atoms with Crippen molar-refractivity contribution in [2.45, 2.75) is 24.5 Å². The molecule has 4 N–H and O–H groups in total. The number of pyridine rings is 1. The molecular formula is C22H19N7O7S. The summed E-state index contributed by atoms with van der Waals surface area (Å²) in [4.78, 5) is 72.3. The fraction of sp³-hybridized carbons (Fsp3) is 0.273. The van der Waals surface area contributed by atoms with E-state index in [1.807, 2.05) is 0 Å². The Kier molecular flexibility index (Phi) is 6.12. The van der Waals surface area contributed by atoms with Gasteiger partial charge in [0.05, 0.1) is 5.69 Å². The quantitative estimate of drug-likeness (QED) is 0.257. The number of carbonyl (C=O) groups excluding carboxylic acids is 3. The van der Waals surface area contributed by atoms with Gasteiger partial charge in [-0.25, -0.2) is 14.8 Å². The number of amides is 3. The van der Waals surface area contributed by atoms with E-state index in [0.717, 1.165) is 16.2 Å². The minimum atomic E-state index is -1.52. The zero-order valence-corrected chi connectivity index (χ0v) is 19.8. The first-order valence-electron chi connectivity index (χ1n) is 11.0. The molecule has 3 aliphatic heterocycles. The van der Waals surface area contributed by atoms with Gasteiger partial charge in [0.15, 0.2) is 16.6 Å². The number of rotatable bonds is 7. The van der Waals surface area contributed by atoms with E-state index in [0.29, 0.717) is 24.4 Å². The fourth-order valence-corrected chi connectivity index (χ4v) is 4.94. The van der Waals surface area contributed by atoms with Gasteiger partial charge in [-0.15, -0.1) is 16.2 Å². The standard InChI is InChI=1S/C22H19N7O7S/c23-22-25-11(9-37-22)15(27-35)18(30)26-16-12-8-36-13(17(21(33)34)29(12)20(16)32)7-10-4-6-28(19(10)31)14-3-1-2-5-24-14/h1-3,5,7,9,12,15-16H,4,6,8H2,(H2,23,25)(H,26,30)(H,33,34)/t12-,15?,16+/m1/s1. The summed E-state index contributed by atoms with van der Waals surface area (Å²) in [6.07, 6.45) is 3.21. The van der Waals surface area contributed by atoms with Crippen molar-refractivity contribution in [2.24, 2.45) is 5.18 Å². The molecule has 5 heterocycles. The third kappa shape index (κ3) is 4.18. The molecule has 2 aromatic rings. The number of nitrogens with one attached hydrogen (secondary N) is 1. The van der Waals surface area contributed by atoms with Crippen LogP contribution in [0.15, 0.2) is 58.1 Å². The molecule has 0 radical (unpaired) electrons. The van der Waals surface area contributed by atoms with E-state index in [1.165, 1.54) is 16.4 Å². The predicted octanol–water partition coefficient (Wildman–Crippen LogP) is 0.313. The average molecular weight is 526 g/mol. The molecule has 5 rings (SSSR count). The van der Waals surface area contributed by atoms with Crippen LogP contribution in [0.25, 0.3) is 0 Å². The number of nitroso groups, excluding NO2 is 1. The number of ether oxygens (including phenoxy) is 1. The Hall–Kier alpha value is -4.66. The summed E-state index contributed by atoms with van der Waals surface area (Å²) in [5.41, 5.74) is 5.44. The summed E-state index contributed by atoms with van der Waals surface area (Å²) >= 11 is 1.02. The predicted molar refractivity (Wildman–Crippen MR) is 128 cm³/mol. The van der Waals surface area contributed by atoms with Gasteiger partial charge >= 0.3 is 5.97 Å². The molecule has 0 saturated carbocycles. The molecule has 2 fully saturated rings. The molecule has 3 aliphatic rings. The third-order valence-electron chi connectivity index (χ3n) is 6.13. The van der Waals surface area contributed by atoms with Gasteiger partial charge in [0.25, 0.3) is 17.7 Å². The lowest BCUT2D eigenvalue weighted by Gasteiger charge is -2.49. The van der Waals surface area contributed by atoms with E-state index in [4.69, 9.17) is 10.5 Å². The highest BCUT2D eigenvalue weighted by molar-refractivity contribution is 7.13. The number of anilines is 2. The van der Waals surface area contributed by atoms with Crippen molar-refractivity contribution in [3.8, 4) is 0 Å². The first-order chi connectivity index (χ1) is 17.8. The first kappa shape index (κ1) is 24.1. The van der Waals surface area contributed by atoms with Gasteiger partial charge < -0.3 is 20.9 Å². The van der Waals surface area contributed by atoms with E-state index >= 15 is 0 Å². The van der Waals surface area contributed by atoms with Crippen molar-refractivity contribution in [1.29, 1.82) is 0 Å². The summed E-state index contributed by atoms with van der Waals surface area (Å²) in [6, 6.07) is 1.67. The average Bonchev–Trinajstić information content (AvgIpc) is 3.48. The van der Waals surface area contributed by atoms with Crippen molar-refractivity contribution in [3.63, 3.8) is 0 Å². The van der Waals surface area contributed by atoms with Gasteiger partial charge in [-0.3, -0.25) is 24.2 Å². The maximum Gasteiger partial charge on any atom is 0.356 e. The number of carbonyl (C=O) groups is 4. The lowest BCUT2D eigenvalue weighted by Crippen LogP contribution is -2.73. The Morgan fingerprint density at radius 3 is 2.81 bits per heavy atom. The van der Waals surface area contributed by atoms with Crippen LogP contribution in [-0.2, 0) is 23.9 Å². The molecule has 0 bridgehead atoms. The second kappa shape index (κ2) is 9.42. The summed E-state index contributed by atoms with van der Waals surface area (Å²) < 4.78 is 5.65. The highest BCUT2D eigenvalue weighted by Gasteiger charge is 2.55. The number of nitrogens with two attached hydrogens (primary N) is 1. The second-order valence-electron chi connectivity index (χ2n) is 8.27. The number of β-lactam (4-membered cyclic amide) rings is 1. The molecule has 2 saturated heterocycles. The largest absolute Gasteiger partial charge is 0.489 e. The molecular weight excluding hydrogens is 506 g/mol. The first-order valence-corrected chi connectivity index (χ1v) is 11.9. The number of aromatic nitrogens is 2. The topological polar surface area (TPSA) is 197 Å². The van der Waals surface area contributed by atoms with Gasteiger partial charge in [-0.05, 0) is 29.8 Å². The summed E-state index contributed by atoms with van der Waals surface area (Å²) in [5, 5.41) is 16.6. The van der Waals surface area contributed by atoms with Crippen molar-refractivity contribution in [1.82, 2.24) is 20.2 Å². The zero-order valence-electron chi connectivity index (χ0n) is 18.9. The molecule has 3 amide bonds. The van der Waals surface area contributed by atoms with Crippen molar-refractivity contribution >= 4 is 46.0 Å². The molecule has 37 heavy (non-hydrogen) atoms. The van der Waals surface area contributed by atoms with Gasteiger partial charge in [0, 0.05) is 23.7 Å². The number of nitrogens with zero attached hydrogens (tertiary/aromatic N) is 5. The molecule has 0 aliphatic carbocycles. The van der Waals surface area contributed by atoms with Crippen LogP contribution >= 0.6 is 11.3 Å². The maximum atomic E-state index is 12.9. The van der Waals surface area contributed by atoms with E-state index in [-0.39, 0.29) is 29.1 Å². The zero-order chi connectivity index (χ0) is 26.3. The lowest BCUT2D eigenvalue weighted by atomic mass is 9.92. The molecule has 2 aromatic heterocycles. The molecule has 190 valence electrons. The molecule has 3 atom stereocenters. The highest BCUT2D eigenvalue weighted by atomic mass is 32.1. The number of allylic oxidation sites excluding steroid dienone is 1. The van der Waals surface area contributed by atoms with Crippen molar-refractivity contribution in [3.05, 3.63) is 63.5 Å². The van der Waals surface area contributed by atoms with Crippen LogP contribution < -0.4 is 16.0 Å². The molecule has 0 aromatic carbocycles. The summed E-state index contributed by atoms with van der Waals surface area (Å²) in [5.74, 6) is -3.04. The highest BCUT2D eigenvalue weighted by Crippen LogP contribution is 2.35. The number of hydrogen-bond acceptors (Lipinski definition) is 11. The van der Waals surface area contributed by atoms with Crippen LogP contribution in [0.3, 0.4) is 0 Å². The van der Waals surface area contributed by atoms with Gasteiger partial charge in [0.2, 0.25) is 6.04 Å². The normalized spacial score (nSPS) is 22.9. The number of carboxylic acid groups (broad SMARTS) is 1. The van der Waals surface area contributed by atoms with E-state index in [9.17, 15) is 29.2 Å². The monoisotopic (exact) mass is 525 g/mol. The van der Waals surface area contributed by atoms with Gasteiger partial charge in [-0.2, -0.15) is 0 Å². The van der Waals surface area contributed by atoms with Crippen LogP contribution in [0.1, 0.15) is 18.2 Å². The van der Waals surface area contributed by atoms with Crippen molar-refractivity contribution < 1.29 is 29.0 Å². The van der Waals surface area contributed by atoms with E-state index < -0.39 is 41.6 Å². The lowest BCUT2D eigenvalue weighted by molar-refractivity contribution is -0.160. The third-order valence-corrected chi connectivity index (χ3v) is 6.83. The Morgan fingerprint density at radius 2 is 2.16 bits per heavy atom. The minimum Gasteiger partial charge on any atom is -0.489 e.